The summed E-state index contributed by atoms with van der Waals surface area (Å²) < 4.78 is 39.0. The molecule has 0 radical (unpaired) electrons. The van der Waals surface area contributed by atoms with Gasteiger partial charge in [-0.3, -0.25) is 0 Å². The number of nitrogens with two attached hydrogens (primary N) is 1. The molecule has 2 N–H and O–H groups in total. The molecule has 0 aliphatic heterocycles. The zero-order valence-corrected chi connectivity index (χ0v) is 13.7. The van der Waals surface area contributed by atoms with E-state index in [9.17, 15) is 13.2 Å². The normalized spacial score (nSPS) is 16.0. The Balaban J connectivity index is 1.78. The molecule has 3 rings (SSSR count). The van der Waals surface area contributed by atoms with Crippen molar-refractivity contribution in [2.45, 2.75) is 57.7 Å². The van der Waals surface area contributed by atoms with Gasteiger partial charge in [0.1, 0.15) is 0 Å². The molecule has 2 aromatic rings. The fraction of sp³-hybridized carbons (Fsp3) is 0.500. The quantitative estimate of drug-likeness (QED) is 0.898. The van der Waals surface area contributed by atoms with Gasteiger partial charge in [-0.15, -0.1) is 0 Å². The number of alkyl halides is 3. The summed E-state index contributed by atoms with van der Waals surface area (Å²) in [6, 6.07) is 5.05. The largest absolute Gasteiger partial charge is 0.389 e. The molecule has 0 saturated heterocycles. The molecule has 0 saturated carbocycles. The molecule has 0 spiro atoms. The highest BCUT2D eigenvalue weighted by atomic mass is 19.4. The lowest BCUT2D eigenvalue weighted by Gasteiger charge is -2.17. The van der Waals surface area contributed by atoms with E-state index in [1.54, 1.807) is 0 Å². The summed E-state index contributed by atoms with van der Waals surface area (Å²) in [6.07, 6.45) is 1.39. The van der Waals surface area contributed by atoms with E-state index < -0.39 is 18.6 Å². The van der Waals surface area contributed by atoms with E-state index >= 15 is 0 Å². The highest BCUT2D eigenvalue weighted by Gasteiger charge is 2.28. The summed E-state index contributed by atoms with van der Waals surface area (Å²) in [5.74, 6) is 0. The Labute approximate surface area is 139 Å². The highest BCUT2D eigenvalue weighted by molar-refractivity contribution is 5.42. The van der Waals surface area contributed by atoms with Gasteiger partial charge in [-0.05, 0) is 67.9 Å². The van der Waals surface area contributed by atoms with E-state index in [-0.39, 0.29) is 6.42 Å². The second-order valence-corrected chi connectivity index (χ2v) is 6.55. The SMILES string of the molecule is Cc1cc(-n2cc3c(n2)CCCC3)ccc1C(N)CCC(F)(F)F. The molecule has 1 aliphatic rings. The van der Waals surface area contributed by atoms with Crippen molar-refractivity contribution in [3.63, 3.8) is 0 Å². The molecule has 3 nitrogen and oxygen atoms in total. The van der Waals surface area contributed by atoms with Crippen LogP contribution in [0.25, 0.3) is 5.69 Å². The number of aryl methyl sites for hydroxylation is 3. The number of hydrogen-bond acceptors (Lipinski definition) is 2. The molecule has 1 atom stereocenters. The number of aromatic nitrogens is 2. The molecule has 0 fully saturated rings. The van der Waals surface area contributed by atoms with Crippen molar-refractivity contribution >= 4 is 0 Å². The molecule has 0 amide bonds. The zero-order chi connectivity index (χ0) is 17.3. The summed E-state index contributed by atoms with van der Waals surface area (Å²) in [6.45, 7) is 1.88. The van der Waals surface area contributed by atoms with Crippen LogP contribution in [-0.2, 0) is 12.8 Å². The first-order chi connectivity index (χ1) is 11.3. The number of rotatable bonds is 4. The fourth-order valence-corrected chi connectivity index (χ4v) is 3.30. The van der Waals surface area contributed by atoms with Crippen LogP contribution < -0.4 is 5.73 Å². The van der Waals surface area contributed by atoms with Crippen LogP contribution >= 0.6 is 0 Å². The Morgan fingerprint density at radius 2 is 2.00 bits per heavy atom. The van der Waals surface area contributed by atoms with E-state index in [0.717, 1.165) is 35.3 Å². The molecule has 1 unspecified atom stereocenters. The smallest absolute Gasteiger partial charge is 0.324 e. The van der Waals surface area contributed by atoms with Crippen molar-refractivity contribution in [2.24, 2.45) is 5.73 Å². The van der Waals surface area contributed by atoms with Gasteiger partial charge in [0.25, 0.3) is 0 Å². The lowest BCUT2D eigenvalue weighted by Crippen LogP contribution is -2.16. The van der Waals surface area contributed by atoms with Crippen LogP contribution in [0, 0.1) is 6.92 Å². The number of hydrogen-bond donors (Lipinski definition) is 1. The van der Waals surface area contributed by atoms with E-state index in [2.05, 4.69) is 11.3 Å². The molecule has 1 heterocycles. The van der Waals surface area contributed by atoms with Crippen LogP contribution in [0.3, 0.4) is 0 Å². The Bertz CT molecular complexity index is 695. The standard InChI is InChI=1S/C18H22F3N3/c1-12-10-14(24-11-13-4-2-3-5-17(13)23-24)6-7-15(12)16(22)8-9-18(19,20)21/h6-7,10-11,16H,2-5,8-9,22H2,1H3. The van der Waals surface area contributed by atoms with Gasteiger partial charge < -0.3 is 5.73 Å². The van der Waals surface area contributed by atoms with E-state index in [4.69, 9.17) is 5.73 Å². The molecular formula is C18H22F3N3. The Kier molecular flexibility index (Phi) is 4.67. The second kappa shape index (κ2) is 6.59. The minimum absolute atomic E-state index is 0.0975. The first-order valence-electron chi connectivity index (χ1n) is 8.34. The average molecular weight is 337 g/mol. The maximum Gasteiger partial charge on any atom is 0.389 e. The van der Waals surface area contributed by atoms with Gasteiger partial charge in [0, 0.05) is 18.7 Å². The number of fused-ring (bicyclic) bond motifs is 1. The summed E-state index contributed by atoms with van der Waals surface area (Å²) >= 11 is 0. The van der Waals surface area contributed by atoms with E-state index in [0.29, 0.717) is 0 Å². The van der Waals surface area contributed by atoms with Gasteiger partial charge in [0.05, 0.1) is 11.4 Å². The summed E-state index contributed by atoms with van der Waals surface area (Å²) in [7, 11) is 0. The van der Waals surface area contributed by atoms with Crippen LogP contribution in [0.15, 0.2) is 24.4 Å². The van der Waals surface area contributed by atoms with Crippen molar-refractivity contribution in [2.75, 3.05) is 0 Å². The predicted molar refractivity (Wildman–Crippen MR) is 87.2 cm³/mol. The van der Waals surface area contributed by atoms with Crippen molar-refractivity contribution in [3.8, 4) is 5.69 Å². The van der Waals surface area contributed by atoms with Crippen LogP contribution in [0.2, 0.25) is 0 Å². The van der Waals surface area contributed by atoms with Crippen LogP contribution in [0.5, 0.6) is 0 Å². The topological polar surface area (TPSA) is 43.8 Å². The van der Waals surface area contributed by atoms with E-state index in [1.165, 1.54) is 18.4 Å². The van der Waals surface area contributed by atoms with Gasteiger partial charge in [-0.1, -0.05) is 6.07 Å². The maximum absolute atomic E-state index is 12.4. The highest BCUT2D eigenvalue weighted by Crippen LogP contribution is 2.29. The lowest BCUT2D eigenvalue weighted by atomic mass is 9.97. The first kappa shape index (κ1) is 17.0. The van der Waals surface area contributed by atoms with Gasteiger partial charge in [-0.2, -0.15) is 18.3 Å². The van der Waals surface area contributed by atoms with Crippen molar-refractivity contribution in [3.05, 3.63) is 46.8 Å². The molecule has 1 aromatic carbocycles. The van der Waals surface area contributed by atoms with E-state index in [1.807, 2.05) is 29.8 Å². The summed E-state index contributed by atoms with van der Waals surface area (Å²) in [5, 5.41) is 4.64. The minimum Gasteiger partial charge on any atom is -0.324 e. The third-order valence-corrected chi connectivity index (χ3v) is 4.64. The van der Waals surface area contributed by atoms with Crippen molar-refractivity contribution in [1.82, 2.24) is 9.78 Å². The van der Waals surface area contributed by atoms with Crippen LogP contribution in [-0.4, -0.2) is 16.0 Å². The summed E-state index contributed by atoms with van der Waals surface area (Å²) in [4.78, 5) is 0. The molecule has 6 heteroatoms. The van der Waals surface area contributed by atoms with Gasteiger partial charge in [0.2, 0.25) is 0 Å². The third-order valence-electron chi connectivity index (χ3n) is 4.64. The molecule has 1 aliphatic carbocycles. The number of halogens is 3. The second-order valence-electron chi connectivity index (χ2n) is 6.55. The minimum atomic E-state index is -4.17. The molecule has 0 bridgehead atoms. The third kappa shape index (κ3) is 3.80. The Hall–Kier alpha value is -1.82. The average Bonchev–Trinajstić information content (AvgIpc) is 2.96. The fourth-order valence-electron chi connectivity index (χ4n) is 3.30. The summed E-state index contributed by atoms with van der Waals surface area (Å²) in [5.41, 5.74) is 11.0. The molecule has 1 aromatic heterocycles. The zero-order valence-electron chi connectivity index (χ0n) is 13.7. The molecule has 24 heavy (non-hydrogen) atoms. The number of benzene rings is 1. The Morgan fingerprint density at radius 1 is 1.25 bits per heavy atom. The van der Waals surface area contributed by atoms with Crippen LogP contribution in [0.1, 0.15) is 54.1 Å². The predicted octanol–water partition coefficient (Wildman–Crippen LogP) is 4.40. The van der Waals surface area contributed by atoms with Gasteiger partial charge in [0.15, 0.2) is 0 Å². The maximum atomic E-state index is 12.4. The molecular weight excluding hydrogens is 315 g/mol. The van der Waals surface area contributed by atoms with Gasteiger partial charge in [-0.25, -0.2) is 4.68 Å². The van der Waals surface area contributed by atoms with Gasteiger partial charge >= 0.3 is 6.18 Å². The van der Waals surface area contributed by atoms with Crippen molar-refractivity contribution < 1.29 is 13.2 Å². The lowest BCUT2D eigenvalue weighted by molar-refractivity contribution is -0.136. The first-order valence-corrected chi connectivity index (χ1v) is 8.34. The molecule has 130 valence electrons. The van der Waals surface area contributed by atoms with Crippen LogP contribution in [0.4, 0.5) is 13.2 Å². The monoisotopic (exact) mass is 337 g/mol. The number of nitrogens with zero attached hydrogens (tertiary/aromatic N) is 2. The Morgan fingerprint density at radius 3 is 2.67 bits per heavy atom. The van der Waals surface area contributed by atoms with Crippen molar-refractivity contribution in [1.29, 1.82) is 0 Å².